The fourth-order valence-electron chi connectivity index (χ4n) is 3.66. The number of imidazole rings is 1. The number of nitrogens with zero attached hydrogens (tertiary/aromatic N) is 7. The van der Waals surface area contributed by atoms with Crippen molar-refractivity contribution in [1.82, 2.24) is 34.4 Å². The smallest absolute Gasteiger partial charge is 0.245 e. The second kappa shape index (κ2) is 5.64. The topological polar surface area (TPSA) is 127 Å². The van der Waals surface area contributed by atoms with Crippen molar-refractivity contribution in [1.29, 1.82) is 0 Å². The molecule has 142 valence electrons. The molecular formula is C19H14N8O2. The third-order valence-corrected chi connectivity index (χ3v) is 5.04. The molecule has 29 heavy (non-hydrogen) atoms. The third kappa shape index (κ3) is 2.19. The van der Waals surface area contributed by atoms with E-state index in [1.54, 1.807) is 6.26 Å². The van der Waals surface area contributed by atoms with E-state index < -0.39 is 0 Å². The van der Waals surface area contributed by atoms with Crippen molar-refractivity contribution >= 4 is 39.3 Å². The van der Waals surface area contributed by atoms with Crippen LogP contribution in [0.25, 0.3) is 44.9 Å². The number of nitrogen functional groups attached to an aromatic ring is 1. The molecule has 0 atom stereocenters. The molecule has 0 spiro atoms. The van der Waals surface area contributed by atoms with Gasteiger partial charge in [0.05, 0.1) is 29.4 Å². The van der Waals surface area contributed by atoms with E-state index in [2.05, 4.69) is 20.3 Å². The molecule has 10 nitrogen and oxygen atoms in total. The molecule has 0 unspecified atom stereocenters. The quantitative estimate of drug-likeness (QED) is 0.492. The zero-order chi connectivity index (χ0) is 19.5. The van der Waals surface area contributed by atoms with Crippen LogP contribution in [0.1, 0.15) is 5.76 Å². The number of anilines is 1. The number of aromatic nitrogens is 7. The highest BCUT2D eigenvalue weighted by Crippen LogP contribution is 2.36. The first-order valence-corrected chi connectivity index (χ1v) is 8.93. The summed E-state index contributed by atoms with van der Waals surface area (Å²) in [5.74, 6) is 1.92. The van der Waals surface area contributed by atoms with Gasteiger partial charge in [0.2, 0.25) is 11.3 Å². The molecule has 0 aliphatic carbocycles. The SMILES string of the molecule is Cn1c(-c2c(N)n(Cc3ccco3)c3nc4nonc4nc23)nc2ccccc21. The summed E-state index contributed by atoms with van der Waals surface area (Å²) < 4.78 is 14.1. The summed E-state index contributed by atoms with van der Waals surface area (Å²) in [6, 6.07) is 11.6. The lowest BCUT2D eigenvalue weighted by atomic mass is 10.2. The lowest BCUT2D eigenvalue weighted by molar-refractivity contribution is 0.314. The highest BCUT2D eigenvalue weighted by molar-refractivity contribution is 6.00. The Morgan fingerprint density at radius 3 is 2.62 bits per heavy atom. The van der Waals surface area contributed by atoms with E-state index in [1.165, 1.54) is 0 Å². The number of furan rings is 1. The molecule has 0 radical (unpaired) electrons. The fourth-order valence-corrected chi connectivity index (χ4v) is 3.66. The van der Waals surface area contributed by atoms with Gasteiger partial charge in [-0.2, -0.15) is 0 Å². The maximum absolute atomic E-state index is 6.61. The van der Waals surface area contributed by atoms with Gasteiger partial charge in [-0.25, -0.2) is 19.6 Å². The van der Waals surface area contributed by atoms with Gasteiger partial charge < -0.3 is 19.3 Å². The van der Waals surface area contributed by atoms with Crippen LogP contribution in [0.2, 0.25) is 0 Å². The monoisotopic (exact) mass is 386 g/mol. The second-order valence-corrected chi connectivity index (χ2v) is 6.72. The summed E-state index contributed by atoms with van der Waals surface area (Å²) >= 11 is 0. The molecular weight excluding hydrogens is 372 g/mol. The summed E-state index contributed by atoms with van der Waals surface area (Å²) in [4.78, 5) is 14.0. The third-order valence-electron chi connectivity index (χ3n) is 5.04. The molecule has 6 rings (SSSR count). The molecule has 0 saturated heterocycles. The largest absolute Gasteiger partial charge is 0.467 e. The second-order valence-electron chi connectivity index (χ2n) is 6.72. The molecule has 6 aromatic rings. The maximum Gasteiger partial charge on any atom is 0.245 e. The Bertz CT molecular complexity index is 1510. The lowest BCUT2D eigenvalue weighted by Gasteiger charge is -2.06. The predicted molar refractivity (Wildman–Crippen MR) is 105 cm³/mol. The van der Waals surface area contributed by atoms with Gasteiger partial charge in [0.1, 0.15) is 22.9 Å². The van der Waals surface area contributed by atoms with Crippen LogP contribution in [-0.2, 0) is 13.6 Å². The lowest BCUT2D eigenvalue weighted by Crippen LogP contribution is -2.05. The van der Waals surface area contributed by atoms with Crippen LogP contribution >= 0.6 is 0 Å². The van der Waals surface area contributed by atoms with Crippen LogP contribution in [0.5, 0.6) is 0 Å². The van der Waals surface area contributed by atoms with E-state index in [1.807, 2.05) is 52.6 Å². The first-order chi connectivity index (χ1) is 14.2. The van der Waals surface area contributed by atoms with E-state index >= 15 is 0 Å². The molecule has 0 aliphatic rings. The molecule has 5 aromatic heterocycles. The zero-order valence-electron chi connectivity index (χ0n) is 15.3. The number of fused-ring (bicyclic) bond motifs is 3. The first-order valence-electron chi connectivity index (χ1n) is 8.93. The summed E-state index contributed by atoms with van der Waals surface area (Å²) in [6.07, 6.45) is 1.62. The fraction of sp³-hybridized carbons (Fsp3) is 0.105. The summed E-state index contributed by atoms with van der Waals surface area (Å²) in [5.41, 5.74) is 10.9. The van der Waals surface area contributed by atoms with Crippen molar-refractivity contribution < 1.29 is 9.05 Å². The van der Waals surface area contributed by atoms with Crippen LogP contribution < -0.4 is 5.73 Å². The van der Waals surface area contributed by atoms with Gasteiger partial charge in [-0.1, -0.05) is 12.1 Å². The van der Waals surface area contributed by atoms with Crippen LogP contribution in [-0.4, -0.2) is 34.4 Å². The first kappa shape index (κ1) is 15.8. The Morgan fingerprint density at radius 2 is 1.83 bits per heavy atom. The molecule has 2 N–H and O–H groups in total. The van der Waals surface area contributed by atoms with Gasteiger partial charge in [0, 0.05) is 7.05 Å². The van der Waals surface area contributed by atoms with Gasteiger partial charge in [0.15, 0.2) is 5.65 Å². The summed E-state index contributed by atoms with van der Waals surface area (Å²) in [6.45, 7) is 0.394. The summed E-state index contributed by atoms with van der Waals surface area (Å²) in [7, 11) is 1.95. The summed E-state index contributed by atoms with van der Waals surface area (Å²) in [5, 5.41) is 7.64. The minimum Gasteiger partial charge on any atom is -0.467 e. The van der Waals surface area contributed by atoms with Gasteiger partial charge in [0.25, 0.3) is 0 Å². The number of rotatable bonds is 3. The minimum atomic E-state index is 0.312. The Labute approximate surface area is 162 Å². The molecule has 1 aromatic carbocycles. The van der Waals surface area contributed by atoms with E-state index in [0.717, 1.165) is 16.8 Å². The average molecular weight is 386 g/mol. The van der Waals surface area contributed by atoms with E-state index in [-0.39, 0.29) is 0 Å². The van der Waals surface area contributed by atoms with E-state index in [4.69, 9.17) is 19.8 Å². The Hall–Kier alpha value is -4.21. The Morgan fingerprint density at radius 1 is 1.00 bits per heavy atom. The predicted octanol–water partition coefficient (Wildman–Crippen LogP) is 2.74. The van der Waals surface area contributed by atoms with Crippen LogP contribution in [0.4, 0.5) is 5.82 Å². The molecule has 0 fully saturated rings. The molecule has 0 amide bonds. The van der Waals surface area contributed by atoms with Crippen LogP contribution in [0, 0.1) is 0 Å². The zero-order valence-corrected chi connectivity index (χ0v) is 15.3. The number of benzene rings is 1. The molecule has 10 heteroatoms. The standard InChI is InChI=1S/C19H14N8O2/c1-26-12-7-3-2-6-11(12)21-18(26)13-14-19(23-17-16(22-14)24-29-25-17)27(15(13)20)9-10-5-4-8-28-10/h2-8H,9,20H2,1H3. The van der Waals surface area contributed by atoms with Crippen molar-refractivity contribution in [2.45, 2.75) is 6.54 Å². The van der Waals surface area contributed by atoms with Crippen molar-refractivity contribution in [2.75, 3.05) is 5.73 Å². The minimum absolute atomic E-state index is 0.312. The van der Waals surface area contributed by atoms with Crippen molar-refractivity contribution in [3.05, 3.63) is 48.4 Å². The normalized spacial score (nSPS) is 11.9. The molecule has 0 saturated carbocycles. The van der Waals surface area contributed by atoms with Crippen LogP contribution in [0.15, 0.2) is 51.7 Å². The van der Waals surface area contributed by atoms with Crippen molar-refractivity contribution in [3.8, 4) is 11.4 Å². The number of hydrogen-bond acceptors (Lipinski definition) is 8. The van der Waals surface area contributed by atoms with Crippen molar-refractivity contribution in [2.24, 2.45) is 7.05 Å². The number of nitrogens with two attached hydrogens (primary N) is 1. The van der Waals surface area contributed by atoms with Gasteiger partial charge in [-0.15, -0.1) is 0 Å². The highest BCUT2D eigenvalue weighted by Gasteiger charge is 2.25. The molecule has 0 bridgehead atoms. The Kier molecular flexibility index (Phi) is 3.08. The number of hydrogen-bond donors (Lipinski definition) is 1. The van der Waals surface area contributed by atoms with Crippen molar-refractivity contribution in [3.63, 3.8) is 0 Å². The number of para-hydroxylation sites is 2. The maximum atomic E-state index is 6.61. The van der Waals surface area contributed by atoms with Crippen LogP contribution in [0.3, 0.4) is 0 Å². The van der Waals surface area contributed by atoms with E-state index in [0.29, 0.717) is 46.2 Å². The number of aryl methyl sites for hydroxylation is 1. The van der Waals surface area contributed by atoms with Gasteiger partial charge >= 0.3 is 0 Å². The van der Waals surface area contributed by atoms with Gasteiger partial charge in [-0.05, 0) is 34.6 Å². The Balaban J connectivity index is 1.70. The average Bonchev–Trinajstić information content (AvgIpc) is 3.50. The van der Waals surface area contributed by atoms with E-state index in [9.17, 15) is 0 Å². The highest BCUT2D eigenvalue weighted by atomic mass is 16.6. The molecule has 0 aliphatic heterocycles. The molecule has 5 heterocycles. The van der Waals surface area contributed by atoms with Gasteiger partial charge in [-0.3, -0.25) is 0 Å².